The van der Waals surface area contributed by atoms with Crippen LogP contribution in [-0.2, 0) is 4.74 Å². The van der Waals surface area contributed by atoms with Crippen molar-refractivity contribution in [3.05, 3.63) is 0 Å². The summed E-state index contributed by atoms with van der Waals surface area (Å²) in [6.07, 6.45) is 4.55. The van der Waals surface area contributed by atoms with Gasteiger partial charge < -0.3 is 4.74 Å². The quantitative estimate of drug-likeness (QED) is 0.547. The first kappa shape index (κ1) is 8.05. The maximum absolute atomic E-state index is 5.74. The van der Waals surface area contributed by atoms with Crippen LogP contribution in [0.3, 0.4) is 0 Å². The minimum absolute atomic E-state index is 0.0876. The fourth-order valence-electron chi connectivity index (χ4n) is 1.78. The maximum Gasteiger partial charge on any atom is 0.155 e. The van der Waals surface area contributed by atoms with Gasteiger partial charge in [0.05, 0.1) is 0 Å². The molecule has 68 valence electrons. The van der Waals surface area contributed by atoms with Gasteiger partial charge in [0.25, 0.3) is 0 Å². The molecule has 2 aliphatic heterocycles. The zero-order valence-corrected chi connectivity index (χ0v) is 7.79. The Kier molecular flexibility index (Phi) is 1.83. The summed E-state index contributed by atoms with van der Waals surface area (Å²) < 4.78 is 5.74. The minimum Gasteiger partial charge on any atom is -0.356 e. The van der Waals surface area contributed by atoms with Crippen LogP contribution >= 0.6 is 0 Å². The molecule has 0 spiro atoms. The monoisotopic (exact) mass is 168 g/mol. The van der Waals surface area contributed by atoms with E-state index in [0.29, 0.717) is 0 Å². The molecule has 0 amide bonds. The summed E-state index contributed by atoms with van der Waals surface area (Å²) in [7, 11) is 0. The normalized spacial score (nSPS) is 33.2. The molecule has 2 rings (SSSR count). The van der Waals surface area contributed by atoms with E-state index in [0.717, 1.165) is 13.2 Å². The van der Waals surface area contributed by atoms with Crippen LogP contribution in [-0.4, -0.2) is 30.6 Å². The molecule has 12 heavy (non-hydrogen) atoms. The lowest BCUT2D eigenvalue weighted by Gasteiger charge is -2.29. The van der Waals surface area contributed by atoms with E-state index < -0.39 is 0 Å². The zero-order valence-electron chi connectivity index (χ0n) is 7.79. The predicted molar refractivity (Wildman–Crippen MR) is 48.0 cm³/mol. The van der Waals surface area contributed by atoms with Crippen LogP contribution in [0.15, 0.2) is 5.10 Å². The Morgan fingerprint density at radius 3 is 3.17 bits per heavy atom. The molecule has 1 fully saturated rings. The lowest BCUT2D eigenvalue weighted by atomic mass is 9.94. The van der Waals surface area contributed by atoms with Crippen LogP contribution in [0.1, 0.15) is 26.7 Å². The summed E-state index contributed by atoms with van der Waals surface area (Å²) >= 11 is 0. The Hall–Kier alpha value is -0.570. The molecule has 2 heterocycles. The molecule has 0 radical (unpaired) electrons. The summed E-state index contributed by atoms with van der Waals surface area (Å²) in [5.74, 6) is 0. The molecule has 0 aromatic carbocycles. The molecule has 3 heteroatoms. The maximum atomic E-state index is 5.74. The number of hydrogen-bond acceptors (Lipinski definition) is 3. The van der Waals surface area contributed by atoms with Gasteiger partial charge in [-0.3, -0.25) is 5.01 Å². The third kappa shape index (κ3) is 1.22. The van der Waals surface area contributed by atoms with E-state index in [1.807, 2.05) is 6.21 Å². The highest BCUT2D eigenvalue weighted by atomic mass is 16.5. The molecule has 2 aliphatic rings. The van der Waals surface area contributed by atoms with Gasteiger partial charge in [0.15, 0.2) is 6.23 Å². The molecule has 3 nitrogen and oxygen atoms in total. The smallest absolute Gasteiger partial charge is 0.155 e. The Labute approximate surface area is 73.4 Å². The zero-order chi connectivity index (χ0) is 8.60. The topological polar surface area (TPSA) is 24.8 Å². The lowest BCUT2D eigenvalue weighted by Crippen LogP contribution is -2.38. The second-order valence-electron chi connectivity index (χ2n) is 4.16. The Bertz CT molecular complexity index is 201. The number of ether oxygens (including phenoxy) is 1. The number of hydrazone groups is 1. The van der Waals surface area contributed by atoms with Gasteiger partial charge in [-0.15, -0.1) is 0 Å². The Morgan fingerprint density at radius 1 is 1.50 bits per heavy atom. The SMILES string of the molecule is CC1(C)C=NN2CCCCOC21. The second-order valence-corrected chi connectivity index (χ2v) is 4.16. The van der Waals surface area contributed by atoms with Crippen molar-refractivity contribution in [3.8, 4) is 0 Å². The molecule has 0 aromatic heterocycles. The molecular formula is C9H16N2O. The molecular weight excluding hydrogens is 152 g/mol. The van der Waals surface area contributed by atoms with Gasteiger partial charge >= 0.3 is 0 Å². The summed E-state index contributed by atoms with van der Waals surface area (Å²) in [6.45, 7) is 6.28. The third-order valence-corrected chi connectivity index (χ3v) is 2.50. The van der Waals surface area contributed by atoms with Crippen molar-refractivity contribution in [2.45, 2.75) is 32.9 Å². The summed E-state index contributed by atoms with van der Waals surface area (Å²) in [5, 5.41) is 6.43. The van der Waals surface area contributed by atoms with E-state index >= 15 is 0 Å². The van der Waals surface area contributed by atoms with Gasteiger partial charge in [-0.25, -0.2) is 0 Å². The number of rotatable bonds is 0. The lowest BCUT2D eigenvalue weighted by molar-refractivity contribution is -0.0732. The van der Waals surface area contributed by atoms with E-state index in [-0.39, 0.29) is 11.6 Å². The van der Waals surface area contributed by atoms with Crippen LogP contribution < -0.4 is 0 Å². The van der Waals surface area contributed by atoms with Gasteiger partial charge in [-0.05, 0) is 12.8 Å². The van der Waals surface area contributed by atoms with E-state index in [9.17, 15) is 0 Å². The summed E-state index contributed by atoms with van der Waals surface area (Å²) in [4.78, 5) is 0. The van der Waals surface area contributed by atoms with E-state index in [4.69, 9.17) is 4.74 Å². The summed E-state index contributed by atoms with van der Waals surface area (Å²) in [5.41, 5.74) is 0.0876. The standard InChI is InChI=1S/C9H16N2O/c1-9(2)7-10-11-5-3-4-6-12-8(9)11/h7-8H,3-6H2,1-2H3. The van der Waals surface area contributed by atoms with Gasteiger partial charge in [-0.1, -0.05) is 13.8 Å². The molecule has 0 N–H and O–H groups in total. The highest BCUT2D eigenvalue weighted by Gasteiger charge is 2.38. The first-order valence-corrected chi connectivity index (χ1v) is 4.63. The van der Waals surface area contributed by atoms with Gasteiger partial charge in [-0.2, -0.15) is 5.10 Å². The molecule has 0 bridgehead atoms. The minimum atomic E-state index is 0.0876. The van der Waals surface area contributed by atoms with Crippen LogP contribution in [0, 0.1) is 5.41 Å². The molecule has 0 saturated carbocycles. The number of nitrogens with zero attached hydrogens (tertiary/aromatic N) is 2. The van der Waals surface area contributed by atoms with Crippen LogP contribution in [0.4, 0.5) is 0 Å². The van der Waals surface area contributed by atoms with Crippen LogP contribution in [0.2, 0.25) is 0 Å². The number of hydrogen-bond donors (Lipinski definition) is 0. The van der Waals surface area contributed by atoms with Crippen molar-refractivity contribution >= 4 is 6.21 Å². The third-order valence-electron chi connectivity index (χ3n) is 2.50. The average molecular weight is 168 g/mol. The van der Waals surface area contributed by atoms with Gasteiger partial charge in [0.2, 0.25) is 0 Å². The number of fused-ring (bicyclic) bond motifs is 1. The molecule has 1 unspecified atom stereocenters. The highest BCUT2D eigenvalue weighted by Crippen LogP contribution is 2.31. The van der Waals surface area contributed by atoms with Crippen LogP contribution in [0.5, 0.6) is 0 Å². The first-order valence-electron chi connectivity index (χ1n) is 4.63. The average Bonchev–Trinajstić information content (AvgIpc) is 2.27. The van der Waals surface area contributed by atoms with Crippen molar-refractivity contribution in [1.82, 2.24) is 5.01 Å². The fraction of sp³-hybridized carbons (Fsp3) is 0.889. The van der Waals surface area contributed by atoms with Gasteiger partial charge in [0, 0.05) is 24.8 Å². The van der Waals surface area contributed by atoms with E-state index in [2.05, 4.69) is 24.0 Å². The molecule has 0 aromatic rings. The largest absolute Gasteiger partial charge is 0.356 e. The van der Waals surface area contributed by atoms with Crippen LogP contribution in [0.25, 0.3) is 0 Å². The van der Waals surface area contributed by atoms with Gasteiger partial charge in [0.1, 0.15) is 0 Å². The van der Waals surface area contributed by atoms with Crippen molar-refractivity contribution in [2.75, 3.05) is 13.2 Å². The van der Waals surface area contributed by atoms with E-state index in [1.165, 1.54) is 12.8 Å². The summed E-state index contributed by atoms with van der Waals surface area (Å²) in [6, 6.07) is 0. The van der Waals surface area contributed by atoms with Crippen molar-refractivity contribution in [1.29, 1.82) is 0 Å². The molecule has 0 aliphatic carbocycles. The highest BCUT2D eigenvalue weighted by molar-refractivity contribution is 5.67. The second kappa shape index (κ2) is 2.73. The van der Waals surface area contributed by atoms with E-state index in [1.54, 1.807) is 0 Å². The molecule has 1 saturated heterocycles. The molecule has 1 atom stereocenters. The Balaban J connectivity index is 2.14. The van der Waals surface area contributed by atoms with Crippen molar-refractivity contribution < 1.29 is 4.74 Å². The van der Waals surface area contributed by atoms with Crippen molar-refractivity contribution in [3.63, 3.8) is 0 Å². The predicted octanol–water partition coefficient (Wildman–Crippen LogP) is 1.45. The van der Waals surface area contributed by atoms with Crippen molar-refractivity contribution in [2.24, 2.45) is 10.5 Å². The Morgan fingerprint density at radius 2 is 2.33 bits per heavy atom. The fourth-order valence-corrected chi connectivity index (χ4v) is 1.78. The first-order chi connectivity index (χ1) is 5.70.